The van der Waals surface area contributed by atoms with Crippen LogP contribution in [0.3, 0.4) is 0 Å². The quantitative estimate of drug-likeness (QED) is 0.304. The SMILES string of the molecule is O=P(O)(O)N=C1C=C(O)C=C(O)C1C(O)(O)Cc1cccc(O)c1. The second-order valence-electron chi connectivity index (χ2n) is 5.33. The summed E-state index contributed by atoms with van der Waals surface area (Å²) >= 11 is 0. The van der Waals surface area contributed by atoms with E-state index in [9.17, 15) is 30.1 Å². The number of phenolic OH excluding ortho intramolecular Hbond substituents is 1. The van der Waals surface area contributed by atoms with Crippen LogP contribution >= 0.6 is 7.75 Å². The Morgan fingerprint density at radius 1 is 1.12 bits per heavy atom. The van der Waals surface area contributed by atoms with Crippen molar-refractivity contribution < 1.29 is 39.9 Å². The Kier molecular flexibility index (Phi) is 4.84. The number of phenols is 1. The van der Waals surface area contributed by atoms with Crippen molar-refractivity contribution in [2.24, 2.45) is 10.7 Å². The summed E-state index contributed by atoms with van der Waals surface area (Å²) in [5.41, 5.74) is -0.298. The van der Waals surface area contributed by atoms with E-state index in [1.807, 2.05) is 0 Å². The van der Waals surface area contributed by atoms with Gasteiger partial charge in [0.15, 0.2) is 5.79 Å². The van der Waals surface area contributed by atoms with Crippen LogP contribution < -0.4 is 0 Å². The van der Waals surface area contributed by atoms with Crippen LogP contribution in [0.5, 0.6) is 5.75 Å². The predicted molar refractivity (Wildman–Crippen MR) is 83.4 cm³/mol. The third kappa shape index (κ3) is 4.44. The Bertz CT molecular complexity index is 777. The molecule has 0 aromatic heterocycles. The summed E-state index contributed by atoms with van der Waals surface area (Å²) < 4.78 is 14.1. The Hall–Kier alpha value is -2.16. The number of aliphatic hydroxyl groups excluding tert-OH is 2. The van der Waals surface area contributed by atoms with Crippen LogP contribution in [0, 0.1) is 5.92 Å². The third-order valence-corrected chi connectivity index (χ3v) is 3.76. The van der Waals surface area contributed by atoms with Gasteiger partial charge in [-0.05, 0) is 17.7 Å². The van der Waals surface area contributed by atoms with Gasteiger partial charge in [0, 0.05) is 18.6 Å². The van der Waals surface area contributed by atoms with Crippen LogP contribution in [-0.2, 0) is 11.0 Å². The molecular formula is C14H16NO8P. The number of nitrogens with zero attached hydrogens (tertiary/aromatic N) is 1. The van der Waals surface area contributed by atoms with Gasteiger partial charge in [-0.15, -0.1) is 0 Å². The lowest BCUT2D eigenvalue weighted by atomic mass is 9.84. The van der Waals surface area contributed by atoms with Crippen LogP contribution in [0.15, 0.2) is 52.7 Å². The fraction of sp³-hybridized carbons (Fsp3) is 0.214. The Morgan fingerprint density at radius 3 is 2.38 bits per heavy atom. The van der Waals surface area contributed by atoms with Crippen LogP contribution in [0.4, 0.5) is 0 Å². The van der Waals surface area contributed by atoms with Crippen molar-refractivity contribution in [2.75, 3.05) is 0 Å². The summed E-state index contributed by atoms with van der Waals surface area (Å²) in [6.45, 7) is 0. The van der Waals surface area contributed by atoms with Gasteiger partial charge in [-0.25, -0.2) is 4.57 Å². The van der Waals surface area contributed by atoms with Crippen molar-refractivity contribution in [2.45, 2.75) is 12.2 Å². The molecule has 0 heterocycles. The highest BCUT2D eigenvalue weighted by Gasteiger charge is 2.43. The van der Waals surface area contributed by atoms with Gasteiger partial charge in [-0.3, -0.25) is 0 Å². The van der Waals surface area contributed by atoms with E-state index in [0.29, 0.717) is 5.56 Å². The van der Waals surface area contributed by atoms with Crippen molar-refractivity contribution in [3.8, 4) is 5.75 Å². The zero-order valence-corrected chi connectivity index (χ0v) is 13.1. The van der Waals surface area contributed by atoms with E-state index in [2.05, 4.69) is 4.76 Å². The van der Waals surface area contributed by atoms with E-state index >= 15 is 0 Å². The molecular weight excluding hydrogens is 341 g/mol. The smallest absolute Gasteiger partial charge is 0.448 e. The van der Waals surface area contributed by atoms with Gasteiger partial charge in [-0.2, -0.15) is 4.76 Å². The monoisotopic (exact) mass is 357 g/mol. The summed E-state index contributed by atoms with van der Waals surface area (Å²) in [6, 6.07) is 5.59. The zero-order chi connectivity index (χ0) is 18.1. The van der Waals surface area contributed by atoms with Crippen molar-refractivity contribution in [1.29, 1.82) is 0 Å². The highest BCUT2D eigenvalue weighted by atomic mass is 31.2. The Morgan fingerprint density at radius 2 is 1.79 bits per heavy atom. The van der Waals surface area contributed by atoms with E-state index in [4.69, 9.17) is 9.79 Å². The van der Waals surface area contributed by atoms with Crippen LogP contribution in [-0.4, -0.2) is 46.8 Å². The van der Waals surface area contributed by atoms with Crippen molar-refractivity contribution >= 4 is 13.5 Å². The van der Waals surface area contributed by atoms with E-state index in [1.165, 1.54) is 24.3 Å². The number of aliphatic hydroxyl groups is 4. The molecule has 2 rings (SSSR count). The molecule has 24 heavy (non-hydrogen) atoms. The molecule has 1 aliphatic rings. The van der Waals surface area contributed by atoms with Gasteiger partial charge in [0.05, 0.1) is 5.71 Å². The summed E-state index contributed by atoms with van der Waals surface area (Å²) in [5, 5.41) is 49.5. The van der Waals surface area contributed by atoms with Crippen LogP contribution in [0.1, 0.15) is 5.56 Å². The normalized spacial score (nSPS) is 20.7. The topological polar surface area (TPSA) is 171 Å². The first kappa shape index (κ1) is 18.2. The standard InChI is InChI=1S/C14H16NO8P/c16-9-3-1-2-8(4-9)7-14(19,20)13-11(15-24(21,22)23)5-10(17)6-12(13)18/h1-6,13,16-20H,7H2,(H2,21,22,23). The molecule has 1 aromatic rings. The van der Waals surface area contributed by atoms with E-state index < -0.39 is 43.1 Å². The maximum absolute atomic E-state index is 11.1. The van der Waals surface area contributed by atoms with Gasteiger partial charge >= 0.3 is 7.75 Å². The molecule has 1 atom stereocenters. The van der Waals surface area contributed by atoms with E-state index in [1.54, 1.807) is 0 Å². The molecule has 0 fully saturated rings. The molecule has 0 radical (unpaired) electrons. The molecule has 10 heteroatoms. The number of aromatic hydroxyl groups is 1. The molecule has 1 unspecified atom stereocenters. The minimum Gasteiger partial charge on any atom is -0.511 e. The van der Waals surface area contributed by atoms with E-state index in [0.717, 1.165) is 12.2 Å². The molecule has 0 saturated heterocycles. The lowest BCUT2D eigenvalue weighted by Gasteiger charge is -2.32. The van der Waals surface area contributed by atoms with Gasteiger partial charge in [0.25, 0.3) is 0 Å². The molecule has 9 nitrogen and oxygen atoms in total. The highest BCUT2D eigenvalue weighted by Crippen LogP contribution is 2.40. The number of hydrogen-bond donors (Lipinski definition) is 7. The number of allylic oxidation sites excluding steroid dienone is 2. The Balaban J connectivity index is 2.43. The second-order valence-corrected chi connectivity index (χ2v) is 6.56. The van der Waals surface area contributed by atoms with Crippen LogP contribution in [0.2, 0.25) is 0 Å². The van der Waals surface area contributed by atoms with Crippen molar-refractivity contribution in [1.82, 2.24) is 0 Å². The molecule has 0 bridgehead atoms. The maximum atomic E-state index is 11.1. The summed E-state index contributed by atoms with van der Waals surface area (Å²) in [5.74, 6) is -5.80. The second kappa shape index (κ2) is 6.39. The molecule has 0 amide bonds. The molecule has 1 aromatic carbocycles. The lowest BCUT2D eigenvalue weighted by molar-refractivity contribution is -0.179. The minimum atomic E-state index is -4.95. The van der Waals surface area contributed by atoms with E-state index in [-0.39, 0.29) is 5.75 Å². The molecule has 7 N–H and O–H groups in total. The summed E-state index contributed by atoms with van der Waals surface area (Å²) in [4.78, 5) is 17.9. The van der Waals surface area contributed by atoms with Crippen LogP contribution in [0.25, 0.3) is 0 Å². The molecule has 0 saturated carbocycles. The number of hydrogen-bond acceptors (Lipinski definition) is 6. The first-order valence-corrected chi connectivity index (χ1v) is 8.24. The number of benzene rings is 1. The van der Waals surface area contributed by atoms with Gasteiger partial charge in [0.1, 0.15) is 23.2 Å². The van der Waals surface area contributed by atoms with Gasteiger partial charge < -0.3 is 35.3 Å². The fourth-order valence-corrected chi connectivity index (χ4v) is 2.92. The number of rotatable bonds is 4. The highest BCUT2D eigenvalue weighted by molar-refractivity contribution is 7.50. The van der Waals surface area contributed by atoms with Gasteiger partial charge in [-0.1, -0.05) is 12.1 Å². The molecule has 130 valence electrons. The average Bonchev–Trinajstić information content (AvgIpc) is 2.34. The molecule has 1 aliphatic carbocycles. The predicted octanol–water partition coefficient (Wildman–Crippen LogP) is 0.663. The lowest BCUT2D eigenvalue weighted by Crippen LogP contribution is -2.46. The summed E-state index contributed by atoms with van der Waals surface area (Å²) in [7, 11) is -4.95. The Labute approximate surface area is 136 Å². The zero-order valence-electron chi connectivity index (χ0n) is 12.2. The summed E-state index contributed by atoms with van der Waals surface area (Å²) in [6.07, 6.45) is 1.14. The van der Waals surface area contributed by atoms with Gasteiger partial charge in [0.2, 0.25) is 0 Å². The molecule has 0 spiro atoms. The molecule has 0 aliphatic heterocycles. The largest absolute Gasteiger partial charge is 0.511 e. The first-order chi connectivity index (χ1) is 11.0. The first-order valence-electron chi connectivity index (χ1n) is 6.67. The maximum Gasteiger partial charge on any atom is 0.448 e. The third-order valence-electron chi connectivity index (χ3n) is 3.27. The average molecular weight is 357 g/mol. The van der Waals surface area contributed by atoms with Crippen molar-refractivity contribution in [3.05, 3.63) is 53.5 Å². The fourth-order valence-electron chi connectivity index (χ4n) is 2.44. The van der Waals surface area contributed by atoms with Crippen molar-refractivity contribution in [3.63, 3.8) is 0 Å². The minimum absolute atomic E-state index is 0.117.